The Kier molecular flexibility index (Phi) is 5.89. The van der Waals surface area contributed by atoms with Gasteiger partial charge in [0.2, 0.25) is 0 Å². The van der Waals surface area contributed by atoms with Crippen molar-refractivity contribution in [1.29, 1.82) is 0 Å². The van der Waals surface area contributed by atoms with Gasteiger partial charge in [-0.3, -0.25) is 10.1 Å². The molecule has 8 heteroatoms. The molecule has 0 saturated carbocycles. The number of carbonyl (C=O) groups is 1. The summed E-state index contributed by atoms with van der Waals surface area (Å²) in [5, 5.41) is 10.9. The van der Waals surface area contributed by atoms with E-state index in [-0.39, 0.29) is 23.7 Å². The van der Waals surface area contributed by atoms with Gasteiger partial charge in [0, 0.05) is 19.2 Å². The summed E-state index contributed by atoms with van der Waals surface area (Å²) in [6.45, 7) is 0.679. The first kappa shape index (κ1) is 18.2. The molecule has 0 aliphatic rings. The van der Waals surface area contributed by atoms with Gasteiger partial charge in [-0.15, -0.1) is 0 Å². The highest BCUT2D eigenvalue weighted by Crippen LogP contribution is 2.25. The fourth-order valence-corrected chi connectivity index (χ4v) is 2.20. The molecule has 0 fully saturated rings. The van der Waals surface area contributed by atoms with Crippen LogP contribution < -0.4 is 9.64 Å². The van der Waals surface area contributed by atoms with Gasteiger partial charge in [0.25, 0.3) is 5.69 Å². The molecular formula is C17H17FN2O5. The molecule has 0 atom stereocenters. The second-order valence-electron chi connectivity index (χ2n) is 5.17. The largest absolute Gasteiger partial charge is 0.492 e. The predicted molar refractivity (Wildman–Crippen MR) is 89.6 cm³/mol. The number of benzene rings is 2. The lowest BCUT2D eigenvalue weighted by molar-refractivity contribution is -0.384. The highest BCUT2D eigenvalue weighted by atomic mass is 19.1. The van der Waals surface area contributed by atoms with Gasteiger partial charge in [0.1, 0.15) is 18.2 Å². The summed E-state index contributed by atoms with van der Waals surface area (Å²) in [5.41, 5.74) is 0.390. The van der Waals surface area contributed by atoms with E-state index in [4.69, 9.17) is 9.47 Å². The van der Waals surface area contributed by atoms with Crippen molar-refractivity contribution in [1.82, 2.24) is 0 Å². The molecule has 2 aromatic carbocycles. The molecular weight excluding hydrogens is 331 g/mol. The molecule has 0 saturated heterocycles. The number of anilines is 1. The lowest BCUT2D eigenvalue weighted by atomic mass is 10.1. The molecule has 0 unspecified atom stereocenters. The molecule has 0 spiro atoms. The number of nitro groups is 1. The molecule has 7 nitrogen and oxygen atoms in total. The first-order valence-electron chi connectivity index (χ1n) is 7.38. The van der Waals surface area contributed by atoms with Crippen LogP contribution in [0.3, 0.4) is 0 Å². The van der Waals surface area contributed by atoms with Crippen molar-refractivity contribution in [3.05, 3.63) is 64.0 Å². The Balaban J connectivity index is 2.09. The number of hydrogen-bond donors (Lipinski definition) is 0. The Hall–Kier alpha value is -3.16. The Bertz CT molecular complexity index is 764. The standard InChI is InChI=1S/C17H17FN2O5/c1-19(9-10-25-14-6-3-12(18)4-7-14)16-8-5-13(20(22)23)11-15(16)17(21)24-2/h3-8,11H,9-10H2,1-2H3. The summed E-state index contributed by atoms with van der Waals surface area (Å²) in [4.78, 5) is 23.9. The average molecular weight is 348 g/mol. The minimum Gasteiger partial charge on any atom is -0.492 e. The van der Waals surface area contributed by atoms with Crippen LogP contribution in [0.25, 0.3) is 0 Å². The topological polar surface area (TPSA) is 81.9 Å². The van der Waals surface area contributed by atoms with Crippen LogP contribution in [-0.4, -0.2) is 38.2 Å². The van der Waals surface area contributed by atoms with Gasteiger partial charge in [-0.25, -0.2) is 9.18 Å². The lowest BCUT2D eigenvalue weighted by Gasteiger charge is -2.21. The quantitative estimate of drug-likeness (QED) is 0.435. The maximum atomic E-state index is 12.8. The number of esters is 1. The molecule has 2 aromatic rings. The van der Waals surface area contributed by atoms with Gasteiger partial charge in [-0.2, -0.15) is 0 Å². The summed E-state index contributed by atoms with van der Waals surface area (Å²) in [7, 11) is 2.93. The second kappa shape index (κ2) is 8.09. The summed E-state index contributed by atoms with van der Waals surface area (Å²) in [5.74, 6) is -0.491. The second-order valence-corrected chi connectivity index (χ2v) is 5.17. The van der Waals surface area contributed by atoms with Crippen LogP contribution in [-0.2, 0) is 4.74 Å². The SMILES string of the molecule is COC(=O)c1cc([N+](=O)[O-])ccc1N(C)CCOc1ccc(F)cc1. The monoisotopic (exact) mass is 348 g/mol. The van der Waals surface area contributed by atoms with Crippen LogP contribution in [0, 0.1) is 15.9 Å². The number of hydrogen-bond acceptors (Lipinski definition) is 6. The molecule has 0 amide bonds. The third kappa shape index (κ3) is 4.66. The van der Waals surface area contributed by atoms with Crippen molar-refractivity contribution in [2.45, 2.75) is 0 Å². The van der Waals surface area contributed by atoms with Crippen LogP contribution in [0.1, 0.15) is 10.4 Å². The van der Waals surface area contributed by atoms with Crippen molar-refractivity contribution in [3.63, 3.8) is 0 Å². The minimum absolute atomic E-state index is 0.0981. The van der Waals surface area contributed by atoms with Gasteiger partial charge in [-0.05, 0) is 30.3 Å². The Labute approximate surface area is 143 Å². The number of halogens is 1. The molecule has 0 radical (unpaired) electrons. The third-order valence-electron chi connectivity index (χ3n) is 3.52. The van der Waals surface area contributed by atoms with Gasteiger partial charge >= 0.3 is 5.97 Å². The molecule has 0 N–H and O–H groups in total. The predicted octanol–water partition coefficient (Wildman–Crippen LogP) is 3.04. The average Bonchev–Trinajstić information content (AvgIpc) is 2.62. The van der Waals surface area contributed by atoms with Crippen molar-refractivity contribution in [3.8, 4) is 5.75 Å². The maximum absolute atomic E-state index is 12.8. The van der Waals surface area contributed by atoms with Crippen LogP contribution in [0.2, 0.25) is 0 Å². The van der Waals surface area contributed by atoms with Gasteiger partial charge in [-0.1, -0.05) is 0 Å². The van der Waals surface area contributed by atoms with Crippen molar-refractivity contribution in [2.24, 2.45) is 0 Å². The number of nitrogens with zero attached hydrogens (tertiary/aromatic N) is 2. The fraction of sp³-hybridized carbons (Fsp3) is 0.235. The van der Waals surface area contributed by atoms with Crippen LogP contribution in [0.5, 0.6) is 5.75 Å². The number of ether oxygens (including phenoxy) is 2. The molecule has 132 valence electrons. The van der Waals surface area contributed by atoms with E-state index < -0.39 is 10.9 Å². The molecule has 25 heavy (non-hydrogen) atoms. The van der Waals surface area contributed by atoms with Crippen LogP contribution in [0.15, 0.2) is 42.5 Å². The van der Waals surface area contributed by atoms with E-state index in [0.717, 1.165) is 0 Å². The molecule has 0 heterocycles. The third-order valence-corrected chi connectivity index (χ3v) is 3.52. The Morgan fingerprint density at radius 2 is 1.92 bits per heavy atom. The van der Waals surface area contributed by atoms with E-state index in [0.29, 0.717) is 18.0 Å². The summed E-state index contributed by atoms with van der Waals surface area (Å²) in [6.07, 6.45) is 0. The van der Waals surface area contributed by atoms with E-state index in [1.807, 2.05) is 0 Å². The molecule has 0 aromatic heterocycles. The smallest absolute Gasteiger partial charge is 0.340 e. The zero-order chi connectivity index (χ0) is 18.4. The number of carbonyl (C=O) groups excluding carboxylic acids is 1. The van der Waals surface area contributed by atoms with E-state index in [9.17, 15) is 19.3 Å². The lowest BCUT2D eigenvalue weighted by Crippen LogP contribution is -2.25. The van der Waals surface area contributed by atoms with Crippen molar-refractivity contribution in [2.75, 3.05) is 32.2 Å². The normalized spacial score (nSPS) is 10.2. The van der Waals surface area contributed by atoms with E-state index >= 15 is 0 Å². The zero-order valence-corrected chi connectivity index (χ0v) is 13.8. The Morgan fingerprint density at radius 1 is 1.24 bits per heavy atom. The zero-order valence-electron chi connectivity index (χ0n) is 13.8. The molecule has 0 bridgehead atoms. The molecule has 0 aliphatic heterocycles. The van der Waals surface area contributed by atoms with Crippen molar-refractivity contribution >= 4 is 17.3 Å². The van der Waals surface area contributed by atoms with Crippen molar-refractivity contribution < 1.29 is 23.6 Å². The minimum atomic E-state index is -0.662. The summed E-state index contributed by atoms with van der Waals surface area (Å²) < 4.78 is 23.0. The number of methoxy groups -OCH3 is 1. The van der Waals surface area contributed by atoms with Gasteiger partial charge in [0.05, 0.1) is 29.8 Å². The maximum Gasteiger partial charge on any atom is 0.340 e. The fourth-order valence-electron chi connectivity index (χ4n) is 2.20. The van der Waals surface area contributed by atoms with Gasteiger partial charge in [0.15, 0.2) is 0 Å². The number of nitro benzene ring substituents is 1. The Morgan fingerprint density at radius 3 is 2.52 bits per heavy atom. The van der Waals surface area contributed by atoms with Gasteiger partial charge < -0.3 is 14.4 Å². The molecule has 2 rings (SSSR count). The highest BCUT2D eigenvalue weighted by Gasteiger charge is 2.19. The number of likely N-dealkylation sites (N-methyl/N-ethyl adjacent to an activating group) is 1. The van der Waals surface area contributed by atoms with E-state index in [2.05, 4.69) is 0 Å². The first-order valence-corrected chi connectivity index (χ1v) is 7.38. The summed E-state index contributed by atoms with van der Waals surface area (Å²) in [6, 6.07) is 9.61. The van der Waals surface area contributed by atoms with E-state index in [1.165, 1.54) is 49.6 Å². The first-order chi connectivity index (χ1) is 11.9. The number of rotatable bonds is 7. The van der Waals surface area contributed by atoms with E-state index in [1.54, 1.807) is 11.9 Å². The summed E-state index contributed by atoms with van der Waals surface area (Å²) >= 11 is 0. The highest BCUT2D eigenvalue weighted by molar-refractivity contribution is 5.96. The molecule has 0 aliphatic carbocycles. The number of non-ortho nitro benzene ring substituents is 1. The van der Waals surface area contributed by atoms with Crippen LogP contribution >= 0.6 is 0 Å². The van der Waals surface area contributed by atoms with Crippen LogP contribution in [0.4, 0.5) is 15.8 Å².